The van der Waals surface area contributed by atoms with Gasteiger partial charge in [-0.05, 0) is 63.2 Å². The van der Waals surface area contributed by atoms with Crippen LogP contribution in [0.1, 0.15) is 28.5 Å². The van der Waals surface area contributed by atoms with E-state index in [1.165, 1.54) is 5.56 Å². The van der Waals surface area contributed by atoms with Gasteiger partial charge in [0.15, 0.2) is 0 Å². The first-order chi connectivity index (χ1) is 12.1. The highest BCUT2D eigenvalue weighted by atomic mass is 16.2. The summed E-state index contributed by atoms with van der Waals surface area (Å²) in [5.41, 5.74) is 7.71. The van der Waals surface area contributed by atoms with Gasteiger partial charge in [-0.2, -0.15) is 5.10 Å². The summed E-state index contributed by atoms with van der Waals surface area (Å²) >= 11 is 0. The van der Waals surface area contributed by atoms with Gasteiger partial charge in [-0.25, -0.2) is 4.68 Å². The number of hydrogen-bond acceptors (Lipinski definition) is 3. The Labute approximate surface area is 147 Å². The molecule has 0 atom stereocenters. The predicted octanol–water partition coefficient (Wildman–Crippen LogP) is 3.66. The maximum absolute atomic E-state index is 12.5. The Hall–Kier alpha value is -3.08. The van der Waals surface area contributed by atoms with Gasteiger partial charge in [0, 0.05) is 24.0 Å². The zero-order valence-corrected chi connectivity index (χ0v) is 14.7. The zero-order chi connectivity index (χ0) is 17.8. The van der Waals surface area contributed by atoms with Gasteiger partial charge in [-0.15, -0.1) is 0 Å². The van der Waals surface area contributed by atoms with Crippen LogP contribution in [0.25, 0.3) is 5.69 Å². The molecule has 0 bridgehead atoms. The Balaban J connectivity index is 1.74. The highest BCUT2D eigenvalue weighted by Gasteiger charge is 2.11. The van der Waals surface area contributed by atoms with E-state index in [2.05, 4.69) is 10.5 Å². The Morgan fingerprint density at radius 1 is 1.04 bits per heavy atom. The molecule has 1 heterocycles. The van der Waals surface area contributed by atoms with E-state index in [-0.39, 0.29) is 5.91 Å². The van der Waals surface area contributed by atoms with Gasteiger partial charge in [0.1, 0.15) is 0 Å². The van der Waals surface area contributed by atoms with Gasteiger partial charge in [-0.1, -0.05) is 17.7 Å². The first-order valence-corrected chi connectivity index (χ1v) is 8.34. The summed E-state index contributed by atoms with van der Waals surface area (Å²) in [6.45, 7) is 6.72. The molecule has 5 nitrogen and oxygen atoms in total. The summed E-state index contributed by atoms with van der Waals surface area (Å²) in [6.07, 6.45) is 1.76. The molecule has 25 heavy (non-hydrogen) atoms. The number of hydrogen-bond donors (Lipinski definition) is 1. The normalized spacial score (nSPS) is 10.5. The maximum Gasteiger partial charge on any atom is 0.269 e. The van der Waals surface area contributed by atoms with E-state index in [9.17, 15) is 4.79 Å². The molecule has 0 spiro atoms. The van der Waals surface area contributed by atoms with Crippen molar-refractivity contribution in [1.29, 1.82) is 0 Å². The Morgan fingerprint density at radius 2 is 1.72 bits per heavy atom. The topological polar surface area (TPSA) is 50.2 Å². The van der Waals surface area contributed by atoms with E-state index in [0.717, 1.165) is 17.1 Å². The molecule has 2 aromatic carbocycles. The molecule has 0 radical (unpaired) electrons. The first kappa shape index (κ1) is 16.8. The molecule has 5 heteroatoms. The Morgan fingerprint density at radius 3 is 2.28 bits per heavy atom. The number of hydrazine groups is 1. The lowest BCUT2D eigenvalue weighted by Crippen LogP contribution is -2.42. The van der Waals surface area contributed by atoms with Crippen LogP contribution in [-0.4, -0.2) is 22.2 Å². The van der Waals surface area contributed by atoms with E-state index in [1.807, 2.05) is 85.1 Å². The fourth-order valence-corrected chi connectivity index (χ4v) is 2.63. The van der Waals surface area contributed by atoms with Gasteiger partial charge < -0.3 is 0 Å². The van der Waals surface area contributed by atoms with Crippen molar-refractivity contribution < 1.29 is 4.79 Å². The van der Waals surface area contributed by atoms with Crippen LogP contribution in [-0.2, 0) is 0 Å². The molecule has 1 aromatic heterocycles. The zero-order valence-electron chi connectivity index (χ0n) is 14.7. The molecule has 0 aliphatic carbocycles. The lowest BCUT2D eigenvalue weighted by molar-refractivity contribution is 0.0949. The van der Waals surface area contributed by atoms with Crippen LogP contribution in [0.15, 0.2) is 60.8 Å². The average molecular weight is 334 g/mol. The van der Waals surface area contributed by atoms with Crippen molar-refractivity contribution in [2.45, 2.75) is 20.8 Å². The lowest BCUT2D eigenvalue weighted by atomic mass is 10.2. The Bertz CT molecular complexity index is 850. The Kier molecular flexibility index (Phi) is 4.84. The van der Waals surface area contributed by atoms with Gasteiger partial charge in [-0.3, -0.25) is 15.2 Å². The molecule has 0 saturated carbocycles. The van der Waals surface area contributed by atoms with Crippen LogP contribution in [0.3, 0.4) is 0 Å². The fraction of sp³-hybridized carbons (Fsp3) is 0.200. The number of aryl methyl sites for hydroxylation is 2. The van der Waals surface area contributed by atoms with Crippen molar-refractivity contribution in [2.24, 2.45) is 0 Å². The van der Waals surface area contributed by atoms with Gasteiger partial charge in [0.25, 0.3) is 5.91 Å². The standard InChI is InChI=1S/C20H22N4O/c1-4-23(18-9-5-15(2)6-10-18)22-20(25)17-7-11-19(12-8-17)24-16(3)13-14-21-24/h5-14H,4H2,1-3H3,(H,22,25). The molecule has 0 aliphatic heterocycles. The van der Waals surface area contributed by atoms with E-state index in [1.54, 1.807) is 6.20 Å². The number of carbonyl (C=O) groups excluding carboxylic acids is 1. The molecule has 0 fully saturated rings. The summed E-state index contributed by atoms with van der Waals surface area (Å²) in [7, 11) is 0. The van der Waals surface area contributed by atoms with Crippen molar-refractivity contribution in [3.05, 3.63) is 77.6 Å². The molecule has 0 saturated heterocycles. The van der Waals surface area contributed by atoms with Gasteiger partial charge >= 0.3 is 0 Å². The van der Waals surface area contributed by atoms with E-state index in [4.69, 9.17) is 0 Å². The summed E-state index contributed by atoms with van der Waals surface area (Å²) in [4.78, 5) is 12.5. The quantitative estimate of drug-likeness (QED) is 0.725. The van der Waals surface area contributed by atoms with Gasteiger partial charge in [0.2, 0.25) is 0 Å². The molecule has 0 aliphatic rings. The molecule has 128 valence electrons. The number of carbonyl (C=O) groups is 1. The molecule has 1 N–H and O–H groups in total. The third-order valence-electron chi connectivity index (χ3n) is 4.10. The number of benzene rings is 2. The summed E-state index contributed by atoms with van der Waals surface area (Å²) < 4.78 is 1.84. The summed E-state index contributed by atoms with van der Waals surface area (Å²) in [5.74, 6) is -0.133. The minimum Gasteiger partial charge on any atom is -0.286 e. The van der Waals surface area contributed by atoms with E-state index >= 15 is 0 Å². The highest BCUT2D eigenvalue weighted by molar-refractivity contribution is 5.95. The molecule has 0 unspecified atom stereocenters. The third-order valence-corrected chi connectivity index (χ3v) is 4.10. The van der Waals surface area contributed by atoms with Crippen molar-refractivity contribution in [3.8, 4) is 5.69 Å². The molecular weight excluding hydrogens is 312 g/mol. The minimum absolute atomic E-state index is 0.133. The van der Waals surface area contributed by atoms with Crippen molar-refractivity contribution in [1.82, 2.24) is 15.2 Å². The van der Waals surface area contributed by atoms with Crippen LogP contribution in [0.4, 0.5) is 5.69 Å². The predicted molar refractivity (Wildman–Crippen MR) is 100.0 cm³/mol. The third kappa shape index (κ3) is 3.71. The molecular formula is C20H22N4O. The second-order valence-electron chi connectivity index (χ2n) is 5.95. The summed E-state index contributed by atoms with van der Waals surface area (Å²) in [5, 5.41) is 6.12. The second kappa shape index (κ2) is 7.21. The lowest BCUT2D eigenvalue weighted by Gasteiger charge is -2.24. The minimum atomic E-state index is -0.133. The van der Waals surface area contributed by atoms with Crippen molar-refractivity contribution in [3.63, 3.8) is 0 Å². The number of nitrogens with zero attached hydrogens (tertiary/aromatic N) is 3. The van der Waals surface area contributed by atoms with Crippen LogP contribution >= 0.6 is 0 Å². The van der Waals surface area contributed by atoms with Crippen LogP contribution < -0.4 is 10.4 Å². The van der Waals surface area contributed by atoms with Crippen LogP contribution in [0, 0.1) is 13.8 Å². The molecule has 1 amide bonds. The number of anilines is 1. The summed E-state index contributed by atoms with van der Waals surface area (Å²) in [6, 6.07) is 17.4. The van der Waals surface area contributed by atoms with E-state index < -0.39 is 0 Å². The number of amides is 1. The number of rotatable bonds is 5. The smallest absolute Gasteiger partial charge is 0.269 e. The second-order valence-corrected chi connectivity index (χ2v) is 5.95. The fourth-order valence-electron chi connectivity index (χ4n) is 2.63. The number of nitrogens with one attached hydrogen (secondary N) is 1. The monoisotopic (exact) mass is 334 g/mol. The van der Waals surface area contributed by atoms with Crippen LogP contribution in [0.2, 0.25) is 0 Å². The molecule has 3 aromatic rings. The van der Waals surface area contributed by atoms with Crippen LogP contribution in [0.5, 0.6) is 0 Å². The van der Waals surface area contributed by atoms with E-state index in [0.29, 0.717) is 12.1 Å². The largest absolute Gasteiger partial charge is 0.286 e. The maximum atomic E-state index is 12.5. The number of aromatic nitrogens is 2. The highest BCUT2D eigenvalue weighted by Crippen LogP contribution is 2.15. The van der Waals surface area contributed by atoms with Gasteiger partial charge in [0.05, 0.1) is 11.4 Å². The molecule has 3 rings (SSSR count). The van der Waals surface area contributed by atoms with Crippen molar-refractivity contribution >= 4 is 11.6 Å². The van der Waals surface area contributed by atoms with Crippen molar-refractivity contribution in [2.75, 3.05) is 11.6 Å². The SMILES string of the molecule is CCN(NC(=O)c1ccc(-n2nccc2C)cc1)c1ccc(C)cc1. The first-order valence-electron chi connectivity index (χ1n) is 8.34. The average Bonchev–Trinajstić information content (AvgIpc) is 3.06.